The van der Waals surface area contributed by atoms with Crippen molar-refractivity contribution in [3.8, 4) is 0 Å². The Morgan fingerprint density at radius 3 is 2.83 bits per heavy atom. The average Bonchev–Trinajstić information content (AvgIpc) is 2.05. The van der Waals surface area contributed by atoms with Crippen LogP contribution in [0, 0.1) is 5.92 Å². The van der Waals surface area contributed by atoms with Crippen molar-refractivity contribution in [3.05, 3.63) is 0 Å². The van der Waals surface area contributed by atoms with Crippen LogP contribution < -0.4 is 0 Å². The van der Waals surface area contributed by atoms with E-state index in [9.17, 15) is 5.11 Å². The first-order valence-electron chi connectivity index (χ1n) is 4.30. The molecular formula is C8H16O4. The van der Waals surface area contributed by atoms with E-state index in [1.54, 1.807) is 0 Å². The lowest BCUT2D eigenvalue weighted by molar-refractivity contribution is -0.204. The van der Waals surface area contributed by atoms with Crippen LogP contribution in [0.1, 0.15) is 13.3 Å². The second kappa shape index (κ2) is 4.77. The van der Waals surface area contributed by atoms with Crippen molar-refractivity contribution in [1.29, 1.82) is 0 Å². The molecule has 72 valence electrons. The zero-order chi connectivity index (χ0) is 8.97. The summed E-state index contributed by atoms with van der Waals surface area (Å²) in [5.41, 5.74) is 0. The van der Waals surface area contributed by atoms with Crippen molar-refractivity contribution in [1.82, 2.24) is 0 Å². The molecule has 0 saturated carbocycles. The van der Waals surface area contributed by atoms with Gasteiger partial charge in [-0.1, -0.05) is 0 Å². The third kappa shape index (κ3) is 2.42. The molecule has 1 rings (SSSR count). The van der Waals surface area contributed by atoms with Gasteiger partial charge in [0.05, 0.1) is 19.3 Å². The molecule has 1 aliphatic rings. The molecule has 1 saturated heterocycles. The fourth-order valence-electron chi connectivity index (χ4n) is 1.28. The molecule has 3 atom stereocenters. The third-order valence-electron chi connectivity index (χ3n) is 2.06. The van der Waals surface area contributed by atoms with Gasteiger partial charge in [0.2, 0.25) is 0 Å². The van der Waals surface area contributed by atoms with Crippen LogP contribution >= 0.6 is 0 Å². The topological polar surface area (TPSA) is 58.9 Å². The van der Waals surface area contributed by atoms with Crippen molar-refractivity contribution >= 4 is 0 Å². The summed E-state index contributed by atoms with van der Waals surface area (Å²) in [4.78, 5) is 0. The Labute approximate surface area is 72.1 Å². The predicted octanol–water partition coefficient (Wildman–Crippen LogP) is -0.261. The first kappa shape index (κ1) is 9.92. The van der Waals surface area contributed by atoms with E-state index >= 15 is 0 Å². The summed E-state index contributed by atoms with van der Waals surface area (Å²) in [5.74, 6) is -0.151. The van der Waals surface area contributed by atoms with Crippen LogP contribution in [0.5, 0.6) is 0 Å². The van der Waals surface area contributed by atoms with Crippen LogP contribution in [0.15, 0.2) is 0 Å². The van der Waals surface area contributed by atoms with Gasteiger partial charge in [0.25, 0.3) is 0 Å². The van der Waals surface area contributed by atoms with E-state index in [-0.39, 0.29) is 18.8 Å². The molecule has 2 N–H and O–H groups in total. The number of aliphatic hydroxyl groups is 2. The number of ether oxygens (including phenoxy) is 2. The Morgan fingerprint density at radius 1 is 1.58 bits per heavy atom. The summed E-state index contributed by atoms with van der Waals surface area (Å²) in [6, 6.07) is 0. The quantitative estimate of drug-likeness (QED) is 0.622. The van der Waals surface area contributed by atoms with Crippen LogP contribution in [0.3, 0.4) is 0 Å². The van der Waals surface area contributed by atoms with Crippen molar-refractivity contribution in [3.63, 3.8) is 0 Å². The molecule has 0 bridgehead atoms. The van der Waals surface area contributed by atoms with Crippen LogP contribution in [-0.2, 0) is 9.47 Å². The highest BCUT2D eigenvalue weighted by Crippen LogP contribution is 2.19. The van der Waals surface area contributed by atoms with E-state index in [2.05, 4.69) is 0 Å². The molecule has 0 aliphatic carbocycles. The average molecular weight is 176 g/mol. The molecule has 0 radical (unpaired) electrons. The lowest BCUT2D eigenvalue weighted by Crippen LogP contribution is -2.40. The van der Waals surface area contributed by atoms with Crippen molar-refractivity contribution in [2.45, 2.75) is 25.7 Å². The maximum Gasteiger partial charge on any atom is 0.160 e. The van der Waals surface area contributed by atoms with Gasteiger partial charge in [0, 0.05) is 18.9 Å². The molecule has 1 aliphatic heterocycles. The molecule has 4 nitrogen and oxygen atoms in total. The lowest BCUT2D eigenvalue weighted by atomic mass is 9.99. The van der Waals surface area contributed by atoms with Gasteiger partial charge in [0.1, 0.15) is 0 Å². The van der Waals surface area contributed by atoms with Crippen molar-refractivity contribution in [2.24, 2.45) is 5.92 Å². The van der Waals surface area contributed by atoms with Gasteiger partial charge >= 0.3 is 0 Å². The van der Waals surface area contributed by atoms with Crippen LogP contribution in [0.25, 0.3) is 0 Å². The van der Waals surface area contributed by atoms with Gasteiger partial charge < -0.3 is 19.7 Å². The molecule has 0 aromatic carbocycles. The molecular weight excluding hydrogens is 160 g/mol. The van der Waals surface area contributed by atoms with Gasteiger partial charge in [0.15, 0.2) is 6.29 Å². The Morgan fingerprint density at radius 2 is 2.33 bits per heavy atom. The standard InChI is InChI=1S/C8H16O4/c1-2-11-8-3-7(10)6(4-9)5-12-8/h6-10H,2-5H2,1H3/t6-,7+,8-/m1/s1. The zero-order valence-electron chi connectivity index (χ0n) is 7.27. The second-order valence-electron chi connectivity index (χ2n) is 2.96. The number of hydrogen-bond acceptors (Lipinski definition) is 4. The van der Waals surface area contributed by atoms with Crippen LogP contribution in [-0.4, -0.2) is 42.4 Å². The highest BCUT2D eigenvalue weighted by molar-refractivity contribution is 4.73. The van der Waals surface area contributed by atoms with Crippen molar-refractivity contribution in [2.75, 3.05) is 19.8 Å². The fraction of sp³-hybridized carbons (Fsp3) is 1.00. The van der Waals surface area contributed by atoms with E-state index in [4.69, 9.17) is 14.6 Å². The first-order chi connectivity index (χ1) is 5.77. The lowest BCUT2D eigenvalue weighted by Gasteiger charge is -2.31. The van der Waals surface area contributed by atoms with Crippen LogP contribution in [0.4, 0.5) is 0 Å². The van der Waals surface area contributed by atoms with E-state index in [0.29, 0.717) is 19.6 Å². The van der Waals surface area contributed by atoms with Gasteiger partial charge in [-0.2, -0.15) is 0 Å². The highest BCUT2D eigenvalue weighted by atomic mass is 16.7. The second-order valence-corrected chi connectivity index (χ2v) is 2.96. The number of aliphatic hydroxyl groups excluding tert-OH is 2. The molecule has 0 spiro atoms. The Bertz CT molecular complexity index is 128. The predicted molar refractivity (Wildman–Crippen MR) is 42.6 cm³/mol. The van der Waals surface area contributed by atoms with Crippen LogP contribution in [0.2, 0.25) is 0 Å². The SMILES string of the molecule is CCO[C@H]1C[C@H](O)[C@H](CO)CO1. The molecule has 1 heterocycles. The monoisotopic (exact) mass is 176 g/mol. The summed E-state index contributed by atoms with van der Waals surface area (Å²) < 4.78 is 10.4. The minimum absolute atomic E-state index is 0.0278. The van der Waals surface area contributed by atoms with Gasteiger partial charge in [-0.3, -0.25) is 0 Å². The summed E-state index contributed by atoms with van der Waals surface area (Å²) in [7, 11) is 0. The first-order valence-corrected chi connectivity index (χ1v) is 4.30. The molecule has 0 amide bonds. The van der Waals surface area contributed by atoms with Gasteiger partial charge in [-0.15, -0.1) is 0 Å². The maximum absolute atomic E-state index is 9.45. The summed E-state index contributed by atoms with van der Waals surface area (Å²) in [6.45, 7) is 2.82. The number of hydrogen-bond donors (Lipinski definition) is 2. The van der Waals surface area contributed by atoms with Gasteiger partial charge in [-0.25, -0.2) is 0 Å². The Hall–Kier alpha value is -0.160. The van der Waals surface area contributed by atoms with E-state index in [1.807, 2.05) is 6.92 Å². The molecule has 0 aromatic rings. The molecule has 4 heteroatoms. The highest BCUT2D eigenvalue weighted by Gasteiger charge is 2.29. The summed E-state index contributed by atoms with van der Waals surface area (Å²) >= 11 is 0. The van der Waals surface area contributed by atoms with Gasteiger partial charge in [-0.05, 0) is 6.92 Å². The van der Waals surface area contributed by atoms with Crippen molar-refractivity contribution < 1.29 is 19.7 Å². The molecule has 1 fully saturated rings. The fourth-order valence-corrected chi connectivity index (χ4v) is 1.28. The number of rotatable bonds is 3. The largest absolute Gasteiger partial charge is 0.396 e. The summed E-state index contributed by atoms with van der Waals surface area (Å²) in [6.07, 6.45) is -0.341. The zero-order valence-corrected chi connectivity index (χ0v) is 7.27. The minimum atomic E-state index is -0.500. The molecule has 12 heavy (non-hydrogen) atoms. The smallest absolute Gasteiger partial charge is 0.160 e. The third-order valence-corrected chi connectivity index (χ3v) is 2.06. The molecule has 0 aromatic heterocycles. The summed E-state index contributed by atoms with van der Waals surface area (Å²) in [5, 5.41) is 18.2. The molecule has 0 unspecified atom stereocenters. The van der Waals surface area contributed by atoms with E-state index in [1.165, 1.54) is 0 Å². The Balaban J connectivity index is 2.30. The Kier molecular flexibility index (Phi) is 3.94. The van der Waals surface area contributed by atoms with E-state index in [0.717, 1.165) is 0 Å². The minimum Gasteiger partial charge on any atom is -0.396 e. The van der Waals surface area contributed by atoms with E-state index < -0.39 is 6.10 Å². The maximum atomic E-state index is 9.45. The normalized spacial score (nSPS) is 36.8.